The van der Waals surface area contributed by atoms with Crippen LogP contribution in [0.25, 0.3) is 0 Å². The van der Waals surface area contributed by atoms with Crippen LogP contribution in [-0.2, 0) is 20.6 Å². The first kappa shape index (κ1) is 24.5. The zero-order chi connectivity index (χ0) is 22.5. The maximum absolute atomic E-state index is 13.6. The third-order valence-corrected chi connectivity index (χ3v) is 5.13. The fourth-order valence-electron chi connectivity index (χ4n) is 3.96. The topological polar surface area (TPSA) is 74.0 Å². The van der Waals surface area contributed by atoms with E-state index in [0.29, 0.717) is 12.0 Å². The first-order valence-corrected chi connectivity index (χ1v) is 10.3. The third kappa shape index (κ3) is 6.89. The van der Waals surface area contributed by atoms with E-state index in [0.717, 1.165) is 18.9 Å². The Morgan fingerprint density at radius 1 is 1.23 bits per heavy atom. The Kier molecular flexibility index (Phi) is 8.58. The molecular formula is C22H34F2N2O4. The molecule has 1 amide bonds. The van der Waals surface area contributed by atoms with E-state index >= 15 is 0 Å². The van der Waals surface area contributed by atoms with E-state index in [2.05, 4.69) is 0 Å². The molecule has 1 heterocycles. The fourth-order valence-corrected chi connectivity index (χ4v) is 3.96. The Balaban J connectivity index is 2.27. The molecule has 0 bridgehead atoms. The van der Waals surface area contributed by atoms with E-state index in [4.69, 9.17) is 19.9 Å². The molecule has 1 aromatic rings. The van der Waals surface area contributed by atoms with Crippen molar-refractivity contribution in [2.75, 3.05) is 13.9 Å². The van der Waals surface area contributed by atoms with Gasteiger partial charge < -0.3 is 19.9 Å². The second-order valence-corrected chi connectivity index (χ2v) is 8.92. The van der Waals surface area contributed by atoms with E-state index in [1.54, 1.807) is 4.90 Å². The number of hydrogen-bond donors (Lipinski definition) is 1. The lowest BCUT2D eigenvalue weighted by atomic mass is 9.88. The highest BCUT2D eigenvalue weighted by Crippen LogP contribution is 2.30. The van der Waals surface area contributed by atoms with Crippen LogP contribution in [0.2, 0.25) is 0 Å². The average Bonchev–Trinajstić information content (AvgIpc) is 2.59. The maximum Gasteiger partial charge on any atom is 0.410 e. The summed E-state index contributed by atoms with van der Waals surface area (Å²) in [5.74, 6) is -1.32. The Morgan fingerprint density at radius 3 is 2.43 bits per heavy atom. The van der Waals surface area contributed by atoms with Crippen molar-refractivity contribution in [2.24, 2.45) is 5.73 Å². The zero-order valence-corrected chi connectivity index (χ0v) is 18.5. The van der Waals surface area contributed by atoms with Crippen LogP contribution in [-0.4, -0.2) is 54.7 Å². The van der Waals surface area contributed by atoms with Gasteiger partial charge in [0.2, 0.25) is 0 Å². The van der Waals surface area contributed by atoms with Gasteiger partial charge in [0, 0.05) is 25.3 Å². The van der Waals surface area contributed by atoms with Crippen LogP contribution in [0, 0.1) is 11.6 Å². The third-order valence-electron chi connectivity index (χ3n) is 5.13. The molecule has 0 saturated carbocycles. The summed E-state index contributed by atoms with van der Waals surface area (Å²) in [7, 11) is 1.50. The molecule has 0 aromatic heterocycles. The van der Waals surface area contributed by atoms with Gasteiger partial charge in [0.1, 0.15) is 24.0 Å². The molecule has 2 rings (SSSR count). The molecule has 6 nitrogen and oxygen atoms in total. The highest BCUT2D eigenvalue weighted by molar-refractivity contribution is 5.69. The first-order chi connectivity index (χ1) is 14.0. The zero-order valence-electron chi connectivity index (χ0n) is 18.5. The van der Waals surface area contributed by atoms with Crippen LogP contribution in [0.15, 0.2) is 18.2 Å². The Hall–Kier alpha value is -1.77. The van der Waals surface area contributed by atoms with Gasteiger partial charge in [-0.2, -0.15) is 0 Å². The highest BCUT2D eigenvalue weighted by atomic mass is 19.1. The highest BCUT2D eigenvalue weighted by Gasteiger charge is 2.41. The molecule has 1 aromatic carbocycles. The van der Waals surface area contributed by atoms with Crippen LogP contribution in [0.5, 0.6) is 0 Å². The van der Waals surface area contributed by atoms with E-state index in [1.165, 1.54) is 19.2 Å². The van der Waals surface area contributed by atoms with Crippen LogP contribution in [0.3, 0.4) is 0 Å². The van der Waals surface area contributed by atoms with Crippen molar-refractivity contribution in [3.05, 3.63) is 35.4 Å². The van der Waals surface area contributed by atoms with Crippen molar-refractivity contribution in [1.29, 1.82) is 0 Å². The van der Waals surface area contributed by atoms with Gasteiger partial charge in [0.15, 0.2) is 0 Å². The smallest absolute Gasteiger partial charge is 0.410 e. The summed E-state index contributed by atoms with van der Waals surface area (Å²) in [4.78, 5) is 14.7. The lowest BCUT2D eigenvalue weighted by Gasteiger charge is -2.45. The number of hydrogen-bond acceptors (Lipinski definition) is 5. The molecule has 0 radical (unpaired) electrons. The number of nitrogens with zero attached hydrogens (tertiary/aromatic N) is 1. The summed E-state index contributed by atoms with van der Waals surface area (Å²) in [5.41, 5.74) is 6.25. The predicted molar refractivity (Wildman–Crippen MR) is 110 cm³/mol. The van der Waals surface area contributed by atoms with Gasteiger partial charge in [-0.15, -0.1) is 0 Å². The second kappa shape index (κ2) is 10.5. The minimum Gasteiger partial charge on any atom is -0.444 e. The number of methoxy groups -OCH3 is 1. The summed E-state index contributed by atoms with van der Waals surface area (Å²) < 4.78 is 43.8. The minimum atomic E-state index is -0.659. The minimum absolute atomic E-state index is 0.0110. The molecular weight excluding hydrogens is 394 g/mol. The van der Waals surface area contributed by atoms with Crippen molar-refractivity contribution in [2.45, 2.75) is 83.2 Å². The molecule has 30 heavy (non-hydrogen) atoms. The molecule has 1 saturated heterocycles. The standard InChI is InChI=1S/C22H34F2N2O4/c1-14-7-6-8-19(26(14)21(27)30-22(2,3)4)20(29-13-28-5)18(25)11-15-9-16(23)12-17(24)10-15/h9-10,12,14,18-20H,6-8,11,13,25H2,1-5H3/t14-,18-,19+,20-/m0/s1. The molecule has 1 fully saturated rings. The van der Waals surface area contributed by atoms with Crippen molar-refractivity contribution < 1.29 is 27.8 Å². The maximum atomic E-state index is 13.6. The molecule has 2 N–H and O–H groups in total. The largest absolute Gasteiger partial charge is 0.444 e. The van der Waals surface area contributed by atoms with Crippen LogP contribution in [0.4, 0.5) is 13.6 Å². The van der Waals surface area contributed by atoms with Gasteiger partial charge in [-0.25, -0.2) is 13.6 Å². The van der Waals surface area contributed by atoms with Gasteiger partial charge in [0.05, 0.1) is 12.1 Å². The number of nitrogens with two attached hydrogens (primary N) is 1. The van der Waals surface area contributed by atoms with Gasteiger partial charge >= 0.3 is 6.09 Å². The summed E-state index contributed by atoms with van der Waals surface area (Å²) in [6.07, 6.45) is 1.61. The van der Waals surface area contributed by atoms with Crippen LogP contribution < -0.4 is 5.73 Å². The molecule has 0 aliphatic carbocycles. The Labute approximate surface area is 177 Å². The van der Waals surface area contributed by atoms with Gasteiger partial charge in [-0.05, 0) is 71.1 Å². The average molecular weight is 429 g/mol. The van der Waals surface area contributed by atoms with Crippen molar-refractivity contribution in [1.82, 2.24) is 4.90 Å². The Morgan fingerprint density at radius 2 is 1.87 bits per heavy atom. The van der Waals surface area contributed by atoms with Crippen molar-refractivity contribution >= 4 is 6.09 Å². The number of carbonyl (C=O) groups is 1. The van der Waals surface area contributed by atoms with E-state index in [9.17, 15) is 13.6 Å². The molecule has 8 heteroatoms. The lowest BCUT2D eigenvalue weighted by molar-refractivity contribution is -0.118. The summed E-state index contributed by atoms with van der Waals surface area (Å²) >= 11 is 0. The lowest BCUT2D eigenvalue weighted by Crippen LogP contribution is -2.60. The molecule has 0 spiro atoms. The number of ether oxygens (including phenoxy) is 3. The summed E-state index contributed by atoms with van der Waals surface area (Å²) in [5, 5.41) is 0. The quantitative estimate of drug-likeness (QED) is 0.665. The number of benzene rings is 1. The monoisotopic (exact) mass is 428 g/mol. The summed E-state index contributed by atoms with van der Waals surface area (Å²) in [6.45, 7) is 7.41. The first-order valence-electron chi connectivity index (χ1n) is 10.3. The van der Waals surface area contributed by atoms with Crippen molar-refractivity contribution in [3.63, 3.8) is 0 Å². The molecule has 170 valence electrons. The molecule has 0 unspecified atom stereocenters. The number of amides is 1. The second-order valence-electron chi connectivity index (χ2n) is 8.92. The van der Waals surface area contributed by atoms with E-state index < -0.39 is 35.5 Å². The number of likely N-dealkylation sites (tertiary alicyclic amines) is 1. The number of carbonyl (C=O) groups excluding carboxylic acids is 1. The van der Waals surface area contributed by atoms with Gasteiger partial charge in [0.25, 0.3) is 0 Å². The fraction of sp³-hybridized carbons (Fsp3) is 0.682. The SMILES string of the molecule is COCO[C@H]([C@H]1CCC[C@H](C)N1C(=O)OC(C)(C)C)[C@@H](N)Cc1cc(F)cc(F)c1. The van der Waals surface area contributed by atoms with E-state index in [1.807, 2.05) is 27.7 Å². The normalized spacial score (nSPS) is 21.9. The summed E-state index contributed by atoms with van der Waals surface area (Å²) in [6, 6.07) is 2.33. The molecule has 4 atom stereocenters. The number of halogens is 2. The number of piperidine rings is 1. The predicted octanol–water partition coefficient (Wildman–Crippen LogP) is 4.00. The van der Waals surface area contributed by atoms with E-state index in [-0.39, 0.29) is 25.3 Å². The van der Waals surface area contributed by atoms with Crippen molar-refractivity contribution in [3.8, 4) is 0 Å². The van der Waals surface area contributed by atoms with Gasteiger partial charge in [-0.3, -0.25) is 4.90 Å². The number of rotatable bonds is 7. The Bertz CT molecular complexity index is 691. The van der Waals surface area contributed by atoms with Gasteiger partial charge in [-0.1, -0.05) is 0 Å². The molecule has 1 aliphatic heterocycles. The van der Waals surface area contributed by atoms with Crippen LogP contribution in [0.1, 0.15) is 52.5 Å². The molecule has 1 aliphatic rings. The van der Waals surface area contributed by atoms with Crippen LogP contribution >= 0.6 is 0 Å².